The zero-order chi connectivity index (χ0) is 48.1. The zero-order valence-electron chi connectivity index (χ0n) is 42.2. The van der Waals surface area contributed by atoms with Crippen molar-refractivity contribution in [1.29, 1.82) is 0 Å². The number of anilines is 5. The fraction of sp³-hybridized carbons (Fsp3) is 0.262. The van der Waals surface area contributed by atoms with Crippen LogP contribution in [0.2, 0.25) is 0 Å². The van der Waals surface area contributed by atoms with Crippen LogP contribution in [-0.2, 0) is 21.7 Å². The first kappa shape index (κ1) is 43.9. The summed E-state index contributed by atoms with van der Waals surface area (Å²) in [5.41, 5.74) is 21.7. The Kier molecular flexibility index (Phi) is 9.67. The largest absolute Gasteiger partial charge is 0.354 e. The van der Waals surface area contributed by atoms with Crippen molar-refractivity contribution in [2.24, 2.45) is 0 Å². The van der Waals surface area contributed by atoms with E-state index >= 15 is 0 Å². The second kappa shape index (κ2) is 15.4. The average Bonchev–Trinajstić information content (AvgIpc) is 3.92. The molecule has 1 aliphatic heterocycles. The molecular formula is C65H61BN2S2. The second-order valence-corrected chi connectivity index (χ2v) is 25.6. The Morgan fingerprint density at radius 3 is 1.84 bits per heavy atom. The Hall–Kier alpha value is -6.14. The number of benzene rings is 8. The molecule has 8 aromatic carbocycles. The molecule has 3 heterocycles. The van der Waals surface area contributed by atoms with Gasteiger partial charge in [0.1, 0.15) is 0 Å². The predicted molar refractivity (Wildman–Crippen MR) is 309 cm³/mol. The zero-order valence-corrected chi connectivity index (χ0v) is 43.8. The maximum absolute atomic E-state index is 4.26. The number of fused-ring (bicyclic) bond motifs is 10. The highest BCUT2D eigenvalue weighted by atomic mass is 32.1. The van der Waals surface area contributed by atoms with Crippen LogP contribution >= 0.6 is 22.7 Å². The van der Waals surface area contributed by atoms with Crippen LogP contribution in [0.5, 0.6) is 0 Å². The molecule has 70 heavy (non-hydrogen) atoms. The lowest BCUT2D eigenvalue weighted by Gasteiger charge is -2.44. The maximum Gasteiger partial charge on any atom is 0.198 e. The van der Waals surface area contributed by atoms with Crippen molar-refractivity contribution in [2.75, 3.05) is 10.2 Å². The van der Waals surface area contributed by atoms with Crippen molar-refractivity contribution in [3.05, 3.63) is 173 Å². The first-order chi connectivity index (χ1) is 33.6. The van der Waals surface area contributed by atoms with Crippen LogP contribution in [0.1, 0.15) is 109 Å². The molecule has 10 aromatic rings. The van der Waals surface area contributed by atoms with Crippen molar-refractivity contribution in [3.8, 4) is 22.3 Å². The van der Waals surface area contributed by atoms with Crippen LogP contribution in [-0.4, -0.2) is 7.28 Å². The fourth-order valence-electron chi connectivity index (χ4n) is 12.8. The van der Waals surface area contributed by atoms with E-state index in [1.807, 2.05) is 22.7 Å². The minimum atomic E-state index is 0.0610. The highest BCUT2D eigenvalue weighted by Gasteiger charge is 2.40. The van der Waals surface area contributed by atoms with Gasteiger partial charge >= 0.3 is 0 Å². The van der Waals surface area contributed by atoms with E-state index < -0.39 is 0 Å². The van der Waals surface area contributed by atoms with Crippen LogP contribution in [0.4, 0.5) is 28.4 Å². The van der Waals surface area contributed by atoms with Gasteiger partial charge in [0, 0.05) is 68.7 Å². The van der Waals surface area contributed by atoms with Gasteiger partial charge in [-0.1, -0.05) is 158 Å². The third-order valence-electron chi connectivity index (χ3n) is 17.1. The molecule has 0 atom stereocenters. The highest BCUT2D eigenvalue weighted by molar-refractivity contribution is 7.27. The lowest BCUT2D eigenvalue weighted by atomic mass is 9.57. The van der Waals surface area contributed by atoms with Gasteiger partial charge in [0.2, 0.25) is 0 Å². The molecular weight excluding hydrogens is 884 g/mol. The topological polar surface area (TPSA) is 15.3 Å². The van der Waals surface area contributed by atoms with Crippen molar-refractivity contribution in [3.63, 3.8) is 0 Å². The monoisotopic (exact) mass is 944 g/mol. The van der Waals surface area contributed by atoms with E-state index in [1.54, 1.807) is 0 Å². The molecule has 2 aliphatic carbocycles. The Balaban J connectivity index is 1.13. The van der Waals surface area contributed by atoms with E-state index in [-0.39, 0.29) is 21.7 Å². The third kappa shape index (κ3) is 6.71. The van der Waals surface area contributed by atoms with E-state index in [1.165, 1.54) is 150 Å². The average molecular weight is 945 g/mol. The first-order valence-corrected chi connectivity index (χ1v) is 27.2. The molecule has 0 amide bonds. The summed E-state index contributed by atoms with van der Waals surface area (Å²) in [4.78, 5) is 2.67. The summed E-state index contributed by atoms with van der Waals surface area (Å²) in [5, 5.41) is 9.51. The molecule has 13 rings (SSSR count). The summed E-state index contributed by atoms with van der Waals surface area (Å²) >= 11 is 3.86. The van der Waals surface area contributed by atoms with Crippen molar-refractivity contribution in [2.45, 2.75) is 110 Å². The Labute approximate surface area is 422 Å². The fourth-order valence-corrected chi connectivity index (χ4v) is 15.2. The summed E-state index contributed by atoms with van der Waals surface area (Å²) in [6.07, 6.45) is 4.73. The van der Waals surface area contributed by atoms with Gasteiger partial charge in [0.05, 0.1) is 5.69 Å². The number of aryl methyl sites for hydroxylation is 1. The molecule has 346 valence electrons. The molecule has 5 heteroatoms. The summed E-state index contributed by atoms with van der Waals surface area (Å²) < 4.78 is 5.29. The molecule has 0 unspecified atom stereocenters. The summed E-state index contributed by atoms with van der Waals surface area (Å²) in [7, 11) is 0.813. The van der Waals surface area contributed by atoms with Crippen LogP contribution < -0.4 is 21.1 Å². The molecule has 0 bridgehead atoms. The van der Waals surface area contributed by atoms with Gasteiger partial charge < -0.3 is 10.2 Å². The minimum absolute atomic E-state index is 0.0610. The number of nitrogens with one attached hydrogen (secondary N) is 1. The van der Waals surface area contributed by atoms with E-state index in [2.05, 4.69) is 218 Å². The SMILES string of the molecule is Cc1cc2c(cc1N1c3ccc(-c4ccccc4)cc3Bc3c1cc1c(sc4ccccc41)c3-c1ccc3sc4ccccc4c3c1Nc1ccc3c(c1)C(C)(C)CCC3(C)C)C(C)(C)CCC2(C)C. The maximum atomic E-state index is 4.26. The molecule has 0 saturated heterocycles. The smallest absolute Gasteiger partial charge is 0.198 e. The highest BCUT2D eigenvalue weighted by Crippen LogP contribution is 2.54. The summed E-state index contributed by atoms with van der Waals surface area (Å²) in [5.74, 6) is 0. The molecule has 0 fully saturated rings. The van der Waals surface area contributed by atoms with Gasteiger partial charge in [0.25, 0.3) is 0 Å². The van der Waals surface area contributed by atoms with Gasteiger partial charge in [0.15, 0.2) is 7.28 Å². The molecule has 3 aliphatic rings. The molecule has 1 N–H and O–H groups in total. The van der Waals surface area contributed by atoms with Crippen LogP contribution in [0, 0.1) is 6.92 Å². The standard InChI is InChI=1S/C65H61BN2S2/c1-38-33-47-49(65(8,9)32-31-63(47,4)5)37-52(38)68-51-27-23-40(39-17-11-10-12-18-39)34-50(51)66-59-53(68)36-45-42-19-13-15-21-54(42)70-61(45)58(59)44-25-28-56-57(43-20-14-16-22-55(43)69-56)60(44)67-41-24-26-46-48(35-41)64(6,7)30-29-62(46,2)3/h10-28,33-37,66-67H,29-32H2,1-9H3. The second-order valence-electron chi connectivity index (χ2n) is 23.5. The molecule has 0 radical (unpaired) electrons. The van der Waals surface area contributed by atoms with Gasteiger partial charge in [-0.15, -0.1) is 22.7 Å². The number of rotatable bonds is 5. The Morgan fingerprint density at radius 1 is 0.486 bits per heavy atom. The van der Waals surface area contributed by atoms with Crippen LogP contribution in [0.15, 0.2) is 146 Å². The molecule has 0 saturated carbocycles. The van der Waals surface area contributed by atoms with Gasteiger partial charge in [-0.05, 0) is 153 Å². The van der Waals surface area contributed by atoms with Crippen molar-refractivity contribution < 1.29 is 0 Å². The summed E-state index contributed by atoms with van der Waals surface area (Å²) in [6, 6.07) is 56.2. The number of nitrogens with zero attached hydrogens (tertiary/aromatic N) is 1. The van der Waals surface area contributed by atoms with Gasteiger partial charge in [-0.25, -0.2) is 0 Å². The van der Waals surface area contributed by atoms with E-state index in [0.717, 1.165) is 13.0 Å². The van der Waals surface area contributed by atoms with Crippen molar-refractivity contribution >= 4 is 110 Å². The molecule has 2 nitrogen and oxygen atoms in total. The number of hydrogen-bond donors (Lipinski definition) is 1. The van der Waals surface area contributed by atoms with Crippen LogP contribution in [0.25, 0.3) is 62.6 Å². The normalized spacial score (nSPS) is 17.2. The van der Waals surface area contributed by atoms with E-state index in [0.29, 0.717) is 0 Å². The van der Waals surface area contributed by atoms with Gasteiger partial charge in [-0.3, -0.25) is 0 Å². The number of thiophene rings is 2. The van der Waals surface area contributed by atoms with E-state index in [9.17, 15) is 0 Å². The number of hydrogen-bond acceptors (Lipinski definition) is 4. The molecule has 2 aromatic heterocycles. The lowest BCUT2D eigenvalue weighted by molar-refractivity contribution is 0.332. The van der Waals surface area contributed by atoms with E-state index in [4.69, 9.17) is 0 Å². The van der Waals surface area contributed by atoms with Crippen LogP contribution in [0.3, 0.4) is 0 Å². The predicted octanol–water partition coefficient (Wildman–Crippen LogP) is 17.7. The van der Waals surface area contributed by atoms with Gasteiger partial charge in [-0.2, -0.15) is 0 Å². The third-order valence-corrected chi connectivity index (χ3v) is 19.5. The first-order valence-electron chi connectivity index (χ1n) is 25.5. The molecule has 0 spiro atoms. The summed E-state index contributed by atoms with van der Waals surface area (Å²) in [6.45, 7) is 21.9. The quantitative estimate of drug-likeness (QED) is 0.173. The minimum Gasteiger partial charge on any atom is -0.354 e. The Bertz CT molecular complexity index is 3810. The Morgan fingerprint density at radius 2 is 1.11 bits per heavy atom. The van der Waals surface area contributed by atoms with Crippen molar-refractivity contribution in [1.82, 2.24) is 0 Å². The lowest BCUT2D eigenvalue weighted by Crippen LogP contribution is -2.41.